The molecule has 1 atom stereocenters. The summed E-state index contributed by atoms with van der Waals surface area (Å²) in [4.78, 5) is 50.2. The predicted molar refractivity (Wildman–Crippen MR) is 130 cm³/mol. The Morgan fingerprint density at radius 1 is 1.24 bits per heavy atom. The van der Waals surface area contributed by atoms with Crippen molar-refractivity contribution < 1.29 is 37.7 Å². The van der Waals surface area contributed by atoms with Crippen molar-refractivity contribution in [2.45, 2.75) is 53.6 Å². The van der Waals surface area contributed by atoms with Gasteiger partial charge in [0.1, 0.15) is 22.9 Å². The van der Waals surface area contributed by atoms with E-state index in [2.05, 4.69) is 5.32 Å². The SMILES string of the molecule is CC(C)C(=O)OCOc1c2n(cc(C(=O)NCc3ccc(F)cc3F)c1=O)CCC(C)C2=O.CCCO. The third-order valence-corrected chi connectivity index (χ3v) is 5.52. The molecule has 0 spiro atoms. The molecule has 1 amide bonds. The lowest BCUT2D eigenvalue weighted by atomic mass is 9.94. The van der Waals surface area contributed by atoms with Crippen molar-refractivity contribution in [1.29, 1.82) is 0 Å². The number of ether oxygens (including phenoxy) is 2. The van der Waals surface area contributed by atoms with Crippen LogP contribution in [0.1, 0.15) is 66.9 Å². The Morgan fingerprint density at radius 3 is 2.51 bits per heavy atom. The fourth-order valence-electron chi connectivity index (χ4n) is 3.31. The molecule has 0 aliphatic carbocycles. The van der Waals surface area contributed by atoms with Crippen LogP contribution in [0.3, 0.4) is 0 Å². The number of benzene rings is 1. The highest BCUT2D eigenvalue weighted by molar-refractivity contribution is 6.01. The van der Waals surface area contributed by atoms with Gasteiger partial charge in [0, 0.05) is 43.4 Å². The van der Waals surface area contributed by atoms with E-state index in [9.17, 15) is 28.0 Å². The lowest BCUT2D eigenvalue weighted by Crippen LogP contribution is -2.35. The highest BCUT2D eigenvalue weighted by Gasteiger charge is 2.31. The highest BCUT2D eigenvalue weighted by atomic mass is 19.1. The molecular formula is C26H32F2N2O7. The maximum Gasteiger partial charge on any atom is 0.311 e. The van der Waals surface area contributed by atoms with Crippen LogP contribution < -0.4 is 15.5 Å². The zero-order valence-corrected chi connectivity index (χ0v) is 21.3. The second kappa shape index (κ2) is 13.6. The Balaban J connectivity index is 0.00000112. The highest BCUT2D eigenvalue weighted by Crippen LogP contribution is 2.26. The van der Waals surface area contributed by atoms with Crippen molar-refractivity contribution in [2.75, 3.05) is 13.4 Å². The van der Waals surface area contributed by atoms with Crippen LogP contribution in [0.4, 0.5) is 8.78 Å². The summed E-state index contributed by atoms with van der Waals surface area (Å²) < 4.78 is 38.7. The van der Waals surface area contributed by atoms with Gasteiger partial charge in [-0.15, -0.1) is 0 Å². The number of nitrogens with one attached hydrogen (secondary N) is 1. The molecule has 1 unspecified atom stereocenters. The van der Waals surface area contributed by atoms with Gasteiger partial charge in [-0.3, -0.25) is 19.2 Å². The molecule has 0 bridgehead atoms. The lowest BCUT2D eigenvalue weighted by Gasteiger charge is -2.25. The maximum absolute atomic E-state index is 13.9. The molecule has 9 nitrogen and oxygen atoms in total. The van der Waals surface area contributed by atoms with Gasteiger partial charge in [0.15, 0.2) is 11.5 Å². The van der Waals surface area contributed by atoms with Crippen molar-refractivity contribution in [3.05, 3.63) is 63.1 Å². The van der Waals surface area contributed by atoms with Gasteiger partial charge >= 0.3 is 5.97 Å². The molecule has 3 rings (SSSR count). The monoisotopic (exact) mass is 522 g/mol. The molecule has 2 aromatic rings. The first kappa shape index (κ1) is 29.6. The van der Waals surface area contributed by atoms with Crippen LogP contribution >= 0.6 is 0 Å². The number of hydrogen-bond acceptors (Lipinski definition) is 7. The Bertz CT molecular complexity index is 1190. The summed E-state index contributed by atoms with van der Waals surface area (Å²) in [6, 6.07) is 2.92. The van der Waals surface area contributed by atoms with E-state index in [0.29, 0.717) is 25.6 Å². The van der Waals surface area contributed by atoms with Crippen molar-refractivity contribution in [2.24, 2.45) is 11.8 Å². The standard InChI is InChI=1S/C23H24F2N2O6.C3H8O/c1-12(2)23(31)33-11-32-21-18-19(28)13(3)6-7-27(18)10-16(20(21)29)22(30)26-9-14-4-5-15(24)8-17(14)25;1-2-3-4/h4-5,8,10,12-13H,6-7,9,11H2,1-3H3,(H,26,30);4H,2-3H2,1H3. The quantitative estimate of drug-likeness (QED) is 0.403. The summed E-state index contributed by atoms with van der Waals surface area (Å²) in [6.45, 7) is 6.68. The number of nitrogens with zero attached hydrogens (tertiary/aromatic N) is 1. The number of carbonyl (C=O) groups is 3. The Morgan fingerprint density at radius 2 is 1.92 bits per heavy atom. The number of esters is 1. The molecule has 1 aliphatic rings. The second-order valence-corrected chi connectivity index (χ2v) is 8.82. The molecule has 1 aromatic carbocycles. The van der Waals surface area contributed by atoms with E-state index in [1.54, 1.807) is 20.8 Å². The second-order valence-electron chi connectivity index (χ2n) is 8.82. The summed E-state index contributed by atoms with van der Waals surface area (Å²) in [5.41, 5.74) is -1.15. The molecule has 37 heavy (non-hydrogen) atoms. The van der Waals surface area contributed by atoms with Gasteiger partial charge in [-0.05, 0) is 18.9 Å². The van der Waals surface area contributed by atoms with Gasteiger partial charge in [0.2, 0.25) is 12.2 Å². The normalized spacial score (nSPS) is 14.4. The van der Waals surface area contributed by atoms with E-state index < -0.39 is 41.7 Å². The number of Topliss-reactive ketones (excluding diaryl/α,β-unsaturated/α-hetero) is 1. The maximum atomic E-state index is 13.9. The Labute approximate surface area is 213 Å². The first-order valence-corrected chi connectivity index (χ1v) is 12.0. The molecule has 2 N–H and O–H groups in total. The van der Waals surface area contributed by atoms with Crippen LogP contribution in [0.2, 0.25) is 0 Å². The number of aliphatic hydroxyl groups is 1. The van der Waals surface area contributed by atoms with Gasteiger partial charge in [-0.1, -0.05) is 33.8 Å². The van der Waals surface area contributed by atoms with Gasteiger partial charge in [0.25, 0.3) is 5.91 Å². The van der Waals surface area contributed by atoms with Crippen LogP contribution in [-0.4, -0.2) is 40.7 Å². The number of hydrogen-bond donors (Lipinski definition) is 2. The number of aryl methyl sites for hydroxylation is 1. The van der Waals surface area contributed by atoms with E-state index in [-0.39, 0.29) is 40.8 Å². The van der Waals surface area contributed by atoms with Crippen LogP contribution in [0, 0.1) is 23.5 Å². The fourth-order valence-corrected chi connectivity index (χ4v) is 3.31. The fraction of sp³-hybridized carbons (Fsp3) is 0.462. The number of fused-ring (bicyclic) bond motifs is 1. The van der Waals surface area contributed by atoms with Gasteiger partial charge < -0.3 is 24.5 Å². The molecule has 11 heteroatoms. The first-order chi connectivity index (χ1) is 17.5. The zero-order chi connectivity index (χ0) is 27.7. The Hall–Kier alpha value is -3.60. The smallest absolute Gasteiger partial charge is 0.311 e. The molecular weight excluding hydrogens is 490 g/mol. The third-order valence-electron chi connectivity index (χ3n) is 5.52. The predicted octanol–water partition coefficient (Wildman–Crippen LogP) is 3.20. The molecule has 202 valence electrons. The first-order valence-electron chi connectivity index (χ1n) is 12.0. The average molecular weight is 523 g/mol. The van der Waals surface area contributed by atoms with Crippen molar-refractivity contribution >= 4 is 17.7 Å². The van der Waals surface area contributed by atoms with Crippen LogP contribution in [-0.2, 0) is 22.6 Å². The number of rotatable bonds is 8. The van der Waals surface area contributed by atoms with Crippen LogP contribution in [0.15, 0.2) is 29.2 Å². The largest absolute Gasteiger partial charge is 0.451 e. The Kier molecular flexibility index (Phi) is 10.9. The number of halogens is 2. The van der Waals surface area contributed by atoms with E-state index in [1.165, 1.54) is 16.8 Å². The molecule has 2 heterocycles. The average Bonchev–Trinajstić information content (AvgIpc) is 2.86. The number of pyridine rings is 1. The number of aliphatic hydroxyl groups excluding tert-OH is 1. The minimum absolute atomic E-state index is 0.000440. The molecule has 1 aliphatic heterocycles. The third kappa shape index (κ3) is 7.69. The number of ketones is 1. The van der Waals surface area contributed by atoms with E-state index in [4.69, 9.17) is 14.6 Å². The number of aromatic nitrogens is 1. The van der Waals surface area contributed by atoms with Crippen molar-refractivity contribution in [3.8, 4) is 5.75 Å². The molecule has 1 aromatic heterocycles. The van der Waals surface area contributed by atoms with Crippen molar-refractivity contribution in [1.82, 2.24) is 9.88 Å². The minimum atomic E-state index is -0.860. The molecule has 0 saturated carbocycles. The summed E-state index contributed by atoms with van der Waals surface area (Å²) in [5.74, 6) is -4.47. The topological polar surface area (TPSA) is 124 Å². The lowest BCUT2D eigenvalue weighted by molar-refractivity contribution is -0.154. The van der Waals surface area contributed by atoms with Crippen molar-refractivity contribution in [3.63, 3.8) is 0 Å². The van der Waals surface area contributed by atoms with Gasteiger partial charge in [-0.25, -0.2) is 8.78 Å². The van der Waals surface area contributed by atoms with E-state index >= 15 is 0 Å². The zero-order valence-electron chi connectivity index (χ0n) is 21.3. The van der Waals surface area contributed by atoms with Crippen LogP contribution in [0.25, 0.3) is 0 Å². The van der Waals surface area contributed by atoms with Gasteiger partial charge in [-0.2, -0.15) is 0 Å². The minimum Gasteiger partial charge on any atom is -0.451 e. The molecule has 0 radical (unpaired) electrons. The summed E-state index contributed by atoms with van der Waals surface area (Å²) in [5, 5.41) is 10.3. The number of amides is 1. The summed E-state index contributed by atoms with van der Waals surface area (Å²) >= 11 is 0. The van der Waals surface area contributed by atoms with Gasteiger partial charge in [0.05, 0.1) is 5.92 Å². The summed E-state index contributed by atoms with van der Waals surface area (Å²) in [7, 11) is 0. The molecule has 0 fully saturated rings. The van der Waals surface area contributed by atoms with E-state index in [0.717, 1.165) is 12.5 Å². The summed E-state index contributed by atoms with van der Waals surface area (Å²) in [6.07, 6.45) is 2.63. The number of carbonyl (C=O) groups excluding carboxylic acids is 3. The van der Waals surface area contributed by atoms with Crippen LogP contribution in [0.5, 0.6) is 5.75 Å². The molecule has 0 saturated heterocycles. The van der Waals surface area contributed by atoms with E-state index in [1.807, 2.05) is 6.92 Å².